The number of amides is 1. The summed E-state index contributed by atoms with van der Waals surface area (Å²) in [6, 6.07) is 7.21. The van der Waals surface area contributed by atoms with E-state index in [9.17, 15) is 18.3 Å². The van der Waals surface area contributed by atoms with Crippen molar-refractivity contribution in [2.45, 2.75) is 72.1 Å². The van der Waals surface area contributed by atoms with Gasteiger partial charge in [0.15, 0.2) is 0 Å². The van der Waals surface area contributed by atoms with Gasteiger partial charge in [-0.2, -0.15) is 0 Å². The minimum atomic E-state index is -3.48. The molecule has 3 N–H and O–H groups in total. The van der Waals surface area contributed by atoms with E-state index in [2.05, 4.69) is 10.6 Å². The zero-order valence-corrected chi connectivity index (χ0v) is 21.7. The molecule has 1 aromatic carbocycles. The Labute approximate surface area is 200 Å². The molecule has 0 aliphatic carbocycles. The molecule has 0 saturated heterocycles. The number of hydrogen-bond acceptors (Lipinski definition) is 6. The summed E-state index contributed by atoms with van der Waals surface area (Å²) in [6.45, 7) is 9.70. The molecule has 0 saturated carbocycles. The fourth-order valence-electron chi connectivity index (χ4n) is 3.63. The van der Waals surface area contributed by atoms with Crippen LogP contribution in [0.4, 0.5) is 0 Å². The number of rotatable bonds is 17. The Morgan fingerprint density at radius 2 is 1.85 bits per heavy atom. The quantitative estimate of drug-likeness (QED) is 0.313. The standard InChI is InChI=1S/C24H43N3O5S/c1-6-12-27(13-7-2)33(30,31)14-11-24(29)26-22(15-19(3)4)23(28)18-25-17-20-9-8-10-21(16-20)32-5/h8-10,16,19,22-23,25,28H,6-7,11-15,17-18H2,1-5H3,(H,26,29)/t22-,23+/m0/s1. The van der Waals surface area contributed by atoms with E-state index in [-0.39, 0.29) is 24.0 Å². The van der Waals surface area contributed by atoms with Crippen molar-refractivity contribution in [3.8, 4) is 5.75 Å². The van der Waals surface area contributed by atoms with Gasteiger partial charge in [0.2, 0.25) is 15.9 Å². The Hall–Kier alpha value is -1.68. The van der Waals surface area contributed by atoms with E-state index in [4.69, 9.17) is 4.74 Å². The smallest absolute Gasteiger partial charge is 0.221 e. The lowest BCUT2D eigenvalue weighted by Gasteiger charge is -2.26. The summed E-state index contributed by atoms with van der Waals surface area (Å²) < 4.78 is 31.9. The zero-order valence-electron chi connectivity index (χ0n) is 20.8. The van der Waals surface area contributed by atoms with Gasteiger partial charge in [-0.3, -0.25) is 4.79 Å². The third kappa shape index (κ3) is 11.3. The summed E-state index contributed by atoms with van der Waals surface area (Å²) in [6.07, 6.45) is 1.15. The van der Waals surface area contributed by atoms with Crippen molar-refractivity contribution >= 4 is 15.9 Å². The van der Waals surface area contributed by atoms with Crippen LogP contribution in [0, 0.1) is 5.92 Å². The maximum Gasteiger partial charge on any atom is 0.221 e. The maximum atomic E-state index is 12.6. The van der Waals surface area contributed by atoms with Crippen LogP contribution in [-0.2, 0) is 21.4 Å². The van der Waals surface area contributed by atoms with E-state index in [1.54, 1.807) is 7.11 Å². The number of methoxy groups -OCH3 is 1. The first-order chi connectivity index (χ1) is 15.6. The van der Waals surface area contributed by atoms with E-state index in [0.717, 1.165) is 24.2 Å². The van der Waals surface area contributed by atoms with Gasteiger partial charge in [0, 0.05) is 32.6 Å². The molecule has 0 spiro atoms. The van der Waals surface area contributed by atoms with E-state index in [1.807, 2.05) is 52.0 Å². The molecule has 9 heteroatoms. The second kappa shape index (κ2) is 15.3. The SMILES string of the molecule is CCCN(CCC)S(=O)(=O)CCC(=O)N[C@@H](CC(C)C)[C@H](O)CNCc1cccc(OC)c1. The van der Waals surface area contributed by atoms with Crippen LogP contribution in [0.2, 0.25) is 0 Å². The maximum absolute atomic E-state index is 12.6. The minimum absolute atomic E-state index is 0.120. The number of carbonyl (C=O) groups excluding carboxylic acids is 1. The van der Waals surface area contributed by atoms with Crippen molar-refractivity contribution in [3.63, 3.8) is 0 Å². The highest BCUT2D eigenvalue weighted by Crippen LogP contribution is 2.13. The van der Waals surface area contributed by atoms with Crippen LogP contribution < -0.4 is 15.4 Å². The molecule has 0 aliphatic heterocycles. The summed E-state index contributed by atoms with van der Waals surface area (Å²) in [5.41, 5.74) is 1.03. The average Bonchev–Trinajstić information content (AvgIpc) is 2.77. The monoisotopic (exact) mass is 485 g/mol. The van der Waals surface area contributed by atoms with Gasteiger partial charge in [0.1, 0.15) is 5.75 Å². The lowest BCUT2D eigenvalue weighted by Crippen LogP contribution is -2.48. The van der Waals surface area contributed by atoms with Crippen LogP contribution in [0.3, 0.4) is 0 Å². The molecule has 0 heterocycles. The summed E-state index contributed by atoms with van der Waals surface area (Å²) in [7, 11) is -1.87. The molecule has 0 aliphatic rings. The number of aliphatic hydroxyl groups excluding tert-OH is 1. The number of ether oxygens (including phenoxy) is 1. The molecule has 1 amide bonds. The topological polar surface area (TPSA) is 108 Å². The largest absolute Gasteiger partial charge is 0.497 e. The van der Waals surface area contributed by atoms with Gasteiger partial charge in [-0.15, -0.1) is 0 Å². The molecule has 0 aromatic heterocycles. The molecular formula is C24H43N3O5S. The normalized spacial score (nSPS) is 13.8. The van der Waals surface area contributed by atoms with Crippen molar-refractivity contribution in [3.05, 3.63) is 29.8 Å². The fourth-order valence-corrected chi connectivity index (χ4v) is 5.25. The summed E-state index contributed by atoms with van der Waals surface area (Å²) in [5, 5.41) is 16.8. The van der Waals surface area contributed by atoms with Crippen LogP contribution in [-0.4, -0.2) is 68.4 Å². The van der Waals surface area contributed by atoms with Gasteiger partial charge < -0.3 is 20.5 Å². The van der Waals surface area contributed by atoms with E-state index >= 15 is 0 Å². The second-order valence-corrected chi connectivity index (χ2v) is 10.9. The number of sulfonamides is 1. The first-order valence-electron chi connectivity index (χ1n) is 11.9. The van der Waals surface area contributed by atoms with Crippen molar-refractivity contribution in [2.24, 2.45) is 5.92 Å². The van der Waals surface area contributed by atoms with E-state index in [1.165, 1.54) is 4.31 Å². The molecule has 0 bridgehead atoms. The van der Waals surface area contributed by atoms with Crippen LogP contribution in [0.25, 0.3) is 0 Å². The Morgan fingerprint density at radius 3 is 2.42 bits per heavy atom. The van der Waals surface area contributed by atoms with Crippen molar-refractivity contribution in [1.29, 1.82) is 0 Å². The zero-order chi connectivity index (χ0) is 24.9. The molecule has 0 radical (unpaired) electrons. The van der Waals surface area contributed by atoms with Gasteiger partial charge in [-0.05, 0) is 42.9 Å². The molecule has 8 nitrogen and oxygen atoms in total. The Balaban J connectivity index is 2.63. The first-order valence-corrected chi connectivity index (χ1v) is 13.5. The van der Waals surface area contributed by atoms with E-state index in [0.29, 0.717) is 32.6 Å². The predicted molar refractivity (Wildman–Crippen MR) is 133 cm³/mol. The third-order valence-corrected chi connectivity index (χ3v) is 7.15. The summed E-state index contributed by atoms with van der Waals surface area (Å²) >= 11 is 0. The van der Waals surface area contributed by atoms with Gasteiger partial charge in [0.25, 0.3) is 0 Å². The number of benzene rings is 1. The second-order valence-electron chi connectivity index (χ2n) is 8.82. The molecule has 190 valence electrons. The third-order valence-electron chi connectivity index (χ3n) is 5.28. The van der Waals surface area contributed by atoms with E-state index < -0.39 is 22.2 Å². The summed E-state index contributed by atoms with van der Waals surface area (Å²) in [5.74, 6) is 0.448. The van der Waals surface area contributed by atoms with Gasteiger partial charge in [-0.25, -0.2) is 12.7 Å². The van der Waals surface area contributed by atoms with Gasteiger partial charge in [0.05, 0.1) is 25.0 Å². The Bertz CT molecular complexity index is 795. The van der Waals surface area contributed by atoms with Crippen LogP contribution in [0.15, 0.2) is 24.3 Å². The van der Waals surface area contributed by atoms with Crippen LogP contribution in [0.5, 0.6) is 5.75 Å². The highest BCUT2D eigenvalue weighted by Gasteiger charge is 2.25. The average molecular weight is 486 g/mol. The van der Waals surface area contributed by atoms with Crippen LogP contribution >= 0.6 is 0 Å². The van der Waals surface area contributed by atoms with Crippen molar-refractivity contribution in [1.82, 2.24) is 14.9 Å². The minimum Gasteiger partial charge on any atom is -0.497 e. The van der Waals surface area contributed by atoms with Crippen molar-refractivity contribution in [2.75, 3.05) is 32.5 Å². The van der Waals surface area contributed by atoms with Gasteiger partial charge in [-0.1, -0.05) is 39.8 Å². The molecule has 33 heavy (non-hydrogen) atoms. The van der Waals surface area contributed by atoms with Gasteiger partial charge >= 0.3 is 0 Å². The highest BCUT2D eigenvalue weighted by atomic mass is 32.2. The van der Waals surface area contributed by atoms with Crippen LogP contribution in [0.1, 0.15) is 58.9 Å². The summed E-state index contributed by atoms with van der Waals surface area (Å²) in [4.78, 5) is 12.6. The Morgan fingerprint density at radius 1 is 1.18 bits per heavy atom. The molecule has 0 fully saturated rings. The lowest BCUT2D eigenvalue weighted by atomic mass is 9.98. The number of hydrogen-bond donors (Lipinski definition) is 3. The molecule has 2 atom stereocenters. The van der Waals surface area contributed by atoms with Crippen molar-refractivity contribution < 1.29 is 23.1 Å². The first kappa shape index (κ1) is 29.4. The Kier molecular flexibility index (Phi) is 13.6. The lowest BCUT2D eigenvalue weighted by molar-refractivity contribution is -0.122. The number of aliphatic hydroxyl groups is 1. The fraction of sp³-hybridized carbons (Fsp3) is 0.708. The number of carbonyl (C=O) groups is 1. The highest BCUT2D eigenvalue weighted by molar-refractivity contribution is 7.89. The number of nitrogens with one attached hydrogen (secondary N) is 2. The molecule has 1 aromatic rings. The molecule has 0 unspecified atom stereocenters. The predicted octanol–water partition coefficient (Wildman–Crippen LogP) is 2.52. The molecular weight excluding hydrogens is 442 g/mol. The molecule has 1 rings (SSSR count). The number of nitrogens with zero attached hydrogens (tertiary/aromatic N) is 1.